The van der Waals surface area contributed by atoms with E-state index < -0.39 is 0 Å². The summed E-state index contributed by atoms with van der Waals surface area (Å²) in [5.74, 6) is 0.855. The van der Waals surface area contributed by atoms with Crippen molar-refractivity contribution in [1.82, 2.24) is 14.6 Å². The summed E-state index contributed by atoms with van der Waals surface area (Å²) in [4.78, 5) is 0. The molecule has 2 aromatic heterocycles. The first-order valence-corrected chi connectivity index (χ1v) is 9.18. The average Bonchev–Trinajstić information content (AvgIpc) is 3.13. The second-order valence-electron chi connectivity index (χ2n) is 6.20. The summed E-state index contributed by atoms with van der Waals surface area (Å²) in [7, 11) is 0. The minimum atomic E-state index is 0.855. The van der Waals surface area contributed by atoms with Crippen LogP contribution >= 0.6 is 15.9 Å². The van der Waals surface area contributed by atoms with Gasteiger partial charge in [0.2, 0.25) is 0 Å². The van der Waals surface area contributed by atoms with Gasteiger partial charge in [-0.25, -0.2) is 0 Å². The molecule has 0 N–H and O–H groups in total. The lowest BCUT2D eigenvalue weighted by molar-refractivity contribution is 1.11. The molecule has 3 aromatic carbocycles. The Balaban J connectivity index is 1.59. The van der Waals surface area contributed by atoms with Crippen molar-refractivity contribution in [2.75, 3.05) is 0 Å². The van der Waals surface area contributed by atoms with Gasteiger partial charge in [-0.15, -0.1) is 10.2 Å². The summed E-state index contributed by atoms with van der Waals surface area (Å²) in [6.07, 6.45) is 2.04. The molecule has 0 fully saturated rings. The lowest BCUT2D eigenvalue weighted by Gasteiger charge is -2.05. The van der Waals surface area contributed by atoms with Crippen LogP contribution in [0.15, 0.2) is 89.5 Å². The van der Waals surface area contributed by atoms with E-state index in [0.717, 1.165) is 26.9 Å². The molecule has 0 bridgehead atoms. The molecular formula is C22H14BrN3. The van der Waals surface area contributed by atoms with Crippen LogP contribution in [0.2, 0.25) is 0 Å². The molecule has 0 amide bonds. The third-order valence-corrected chi connectivity index (χ3v) is 5.15. The Morgan fingerprint density at radius 2 is 1.31 bits per heavy atom. The molecule has 124 valence electrons. The van der Waals surface area contributed by atoms with E-state index in [1.807, 2.05) is 18.3 Å². The van der Waals surface area contributed by atoms with Crippen molar-refractivity contribution in [2.45, 2.75) is 0 Å². The molecule has 0 aliphatic carbocycles. The van der Waals surface area contributed by atoms with Crippen molar-refractivity contribution >= 4 is 32.3 Å². The SMILES string of the molecule is Brc1ccc(-c2ccc(-c3nnc4c5ccccc5ccn34)cc2)cc1. The zero-order chi connectivity index (χ0) is 17.5. The molecule has 2 heterocycles. The van der Waals surface area contributed by atoms with Crippen LogP contribution in [0.4, 0.5) is 0 Å². The van der Waals surface area contributed by atoms with Crippen LogP contribution in [-0.4, -0.2) is 14.6 Å². The fourth-order valence-electron chi connectivity index (χ4n) is 3.27. The standard InChI is InChI=1S/C22H14BrN3/c23-19-11-9-16(10-12-19)15-5-7-18(8-6-15)21-24-25-22-20-4-2-1-3-17(20)13-14-26(21)22/h1-14H. The molecule has 0 radical (unpaired) electrons. The van der Waals surface area contributed by atoms with Gasteiger partial charge in [0.1, 0.15) is 0 Å². The zero-order valence-electron chi connectivity index (χ0n) is 13.8. The Hall–Kier alpha value is -2.98. The van der Waals surface area contributed by atoms with E-state index in [-0.39, 0.29) is 0 Å². The number of rotatable bonds is 2. The van der Waals surface area contributed by atoms with Crippen LogP contribution in [0.25, 0.3) is 38.9 Å². The van der Waals surface area contributed by atoms with Crippen LogP contribution in [0.3, 0.4) is 0 Å². The number of hydrogen-bond donors (Lipinski definition) is 0. The monoisotopic (exact) mass is 399 g/mol. The van der Waals surface area contributed by atoms with E-state index >= 15 is 0 Å². The van der Waals surface area contributed by atoms with E-state index in [1.54, 1.807) is 0 Å². The van der Waals surface area contributed by atoms with Gasteiger partial charge in [0.05, 0.1) is 0 Å². The molecule has 0 saturated carbocycles. The molecule has 0 spiro atoms. The highest BCUT2D eigenvalue weighted by molar-refractivity contribution is 9.10. The maximum Gasteiger partial charge on any atom is 0.168 e. The van der Waals surface area contributed by atoms with Crippen LogP contribution in [0, 0.1) is 0 Å². The van der Waals surface area contributed by atoms with Crippen LogP contribution in [0.5, 0.6) is 0 Å². The first-order chi connectivity index (χ1) is 12.8. The first-order valence-electron chi connectivity index (χ1n) is 8.38. The Labute approximate surface area is 159 Å². The highest BCUT2D eigenvalue weighted by Crippen LogP contribution is 2.27. The topological polar surface area (TPSA) is 30.2 Å². The maximum atomic E-state index is 4.44. The second-order valence-corrected chi connectivity index (χ2v) is 7.12. The molecule has 4 heteroatoms. The van der Waals surface area contributed by atoms with Gasteiger partial charge in [-0.3, -0.25) is 4.40 Å². The van der Waals surface area contributed by atoms with Gasteiger partial charge in [0.15, 0.2) is 11.5 Å². The van der Waals surface area contributed by atoms with Gasteiger partial charge in [0.25, 0.3) is 0 Å². The fourth-order valence-corrected chi connectivity index (χ4v) is 3.53. The van der Waals surface area contributed by atoms with E-state index in [1.165, 1.54) is 16.5 Å². The van der Waals surface area contributed by atoms with Crippen LogP contribution < -0.4 is 0 Å². The number of fused-ring (bicyclic) bond motifs is 3. The highest BCUT2D eigenvalue weighted by atomic mass is 79.9. The Bertz CT molecular complexity index is 1220. The van der Waals surface area contributed by atoms with Gasteiger partial charge in [0, 0.05) is 21.6 Å². The Morgan fingerprint density at radius 1 is 0.654 bits per heavy atom. The normalized spacial score (nSPS) is 11.3. The molecule has 5 rings (SSSR count). The number of benzene rings is 3. The maximum absolute atomic E-state index is 4.44. The predicted molar refractivity (Wildman–Crippen MR) is 109 cm³/mol. The molecule has 0 aliphatic rings. The largest absolute Gasteiger partial charge is 0.282 e. The molecule has 0 saturated heterocycles. The highest BCUT2D eigenvalue weighted by Gasteiger charge is 2.10. The summed E-state index contributed by atoms with van der Waals surface area (Å²) in [6.45, 7) is 0. The van der Waals surface area contributed by atoms with Gasteiger partial charge in [-0.1, -0.05) is 76.6 Å². The average molecular weight is 400 g/mol. The Morgan fingerprint density at radius 3 is 2.08 bits per heavy atom. The summed E-state index contributed by atoms with van der Waals surface area (Å²) in [5.41, 5.74) is 4.31. The second kappa shape index (κ2) is 6.07. The van der Waals surface area contributed by atoms with Crippen molar-refractivity contribution in [3.8, 4) is 22.5 Å². The predicted octanol–water partition coefficient (Wildman–Crippen LogP) is 5.98. The fraction of sp³-hybridized carbons (Fsp3) is 0. The minimum absolute atomic E-state index is 0.855. The molecule has 26 heavy (non-hydrogen) atoms. The van der Waals surface area contributed by atoms with Crippen molar-refractivity contribution in [3.05, 3.63) is 89.5 Å². The summed E-state index contributed by atoms with van der Waals surface area (Å²) in [5, 5.41) is 11.1. The molecule has 0 unspecified atom stereocenters. The molecule has 5 aromatic rings. The van der Waals surface area contributed by atoms with E-state index in [9.17, 15) is 0 Å². The minimum Gasteiger partial charge on any atom is -0.282 e. The number of nitrogens with zero attached hydrogens (tertiary/aromatic N) is 3. The number of hydrogen-bond acceptors (Lipinski definition) is 2. The van der Waals surface area contributed by atoms with Gasteiger partial charge < -0.3 is 0 Å². The summed E-state index contributed by atoms with van der Waals surface area (Å²) >= 11 is 3.48. The van der Waals surface area contributed by atoms with Crippen LogP contribution in [-0.2, 0) is 0 Å². The lowest BCUT2D eigenvalue weighted by atomic mass is 10.0. The number of halogens is 1. The van der Waals surface area contributed by atoms with E-state index in [0.29, 0.717) is 0 Å². The summed E-state index contributed by atoms with van der Waals surface area (Å²) < 4.78 is 3.14. The van der Waals surface area contributed by atoms with Crippen molar-refractivity contribution < 1.29 is 0 Å². The molecule has 0 aliphatic heterocycles. The third-order valence-electron chi connectivity index (χ3n) is 4.62. The van der Waals surface area contributed by atoms with Gasteiger partial charge in [-0.2, -0.15) is 0 Å². The van der Waals surface area contributed by atoms with Crippen molar-refractivity contribution in [1.29, 1.82) is 0 Å². The Kier molecular flexibility index (Phi) is 3.57. The number of aromatic nitrogens is 3. The molecular weight excluding hydrogens is 386 g/mol. The van der Waals surface area contributed by atoms with Gasteiger partial charge >= 0.3 is 0 Å². The smallest absolute Gasteiger partial charge is 0.168 e. The van der Waals surface area contributed by atoms with Gasteiger partial charge in [-0.05, 0) is 34.7 Å². The third kappa shape index (κ3) is 2.50. The van der Waals surface area contributed by atoms with Crippen molar-refractivity contribution in [3.63, 3.8) is 0 Å². The number of pyridine rings is 1. The van der Waals surface area contributed by atoms with Crippen LogP contribution in [0.1, 0.15) is 0 Å². The quantitative estimate of drug-likeness (QED) is 0.365. The lowest BCUT2D eigenvalue weighted by Crippen LogP contribution is -1.90. The first kappa shape index (κ1) is 15.3. The zero-order valence-corrected chi connectivity index (χ0v) is 15.4. The summed E-state index contributed by atoms with van der Waals surface area (Å²) in [6, 6.07) is 27.1. The van der Waals surface area contributed by atoms with Crippen molar-refractivity contribution in [2.24, 2.45) is 0 Å². The van der Waals surface area contributed by atoms with E-state index in [4.69, 9.17) is 0 Å². The van der Waals surface area contributed by atoms with E-state index in [2.05, 4.69) is 97.3 Å². The molecule has 3 nitrogen and oxygen atoms in total. The molecule has 0 atom stereocenters.